The van der Waals surface area contributed by atoms with Crippen LogP contribution in [0.4, 0.5) is 0 Å². The van der Waals surface area contributed by atoms with Crippen LogP contribution in [0, 0.1) is 5.41 Å². The Morgan fingerprint density at radius 1 is 1.13 bits per heavy atom. The van der Waals surface area contributed by atoms with Crippen LogP contribution in [0.1, 0.15) is 25.7 Å². The van der Waals surface area contributed by atoms with Crippen LogP contribution in [-0.4, -0.2) is 41.7 Å². The Morgan fingerprint density at radius 2 is 2.04 bits per heavy atom. The van der Waals surface area contributed by atoms with Crippen molar-refractivity contribution in [1.29, 1.82) is 0 Å². The maximum atomic E-state index is 12.2. The maximum absolute atomic E-state index is 12.2. The summed E-state index contributed by atoms with van der Waals surface area (Å²) in [5.41, 5.74) is 1.52. The third-order valence-corrected chi connectivity index (χ3v) is 5.44. The number of carbonyl (C=O) groups excluding carboxylic acids is 1. The van der Waals surface area contributed by atoms with E-state index in [-0.39, 0.29) is 5.41 Å². The summed E-state index contributed by atoms with van der Waals surface area (Å²) in [7, 11) is 0. The summed E-state index contributed by atoms with van der Waals surface area (Å²) >= 11 is 0. The highest BCUT2D eigenvalue weighted by Gasteiger charge is 2.41. The fourth-order valence-electron chi connectivity index (χ4n) is 4.04. The van der Waals surface area contributed by atoms with Crippen molar-refractivity contribution in [2.45, 2.75) is 32.2 Å². The number of benzene rings is 1. The summed E-state index contributed by atoms with van der Waals surface area (Å²) < 4.78 is 7.88. The van der Waals surface area contributed by atoms with E-state index in [1.165, 1.54) is 10.9 Å². The number of nitrogens with zero attached hydrogens (tertiary/aromatic N) is 2. The number of aryl methyl sites for hydroxylation is 1. The number of piperidine rings is 1. The van der Waals surface area contributed by atoms with Crippen LogP contribution in [0.5, 0.6) is 0 Å². The van der Waals surface area contributed by atoms with Crippen molar-refractivity contribution in [2.75, 3.05) is 26.3 Å². The van der Waals surface area contributed by atoms with E-state index < -0.39 is 0 Å². The second-order valence-corrected chi connectivity index (χ2v) is 7.04. The Balaban J connectivity index is 1.37. The number of likely N-dealkylation sites (tertiary alicyclic amines) is 1. The van der Waals surface area contributed by atoms with Gasteiger partial charge in [0.1, 0.15) is 0 Å². The maximum Gasteiger partial charge on any atom is 0.222 e. The number of hydrogen-bond acceptors (Lipinski definition) is 2. The third kappa shape index (κ3) is 2.88. The first-order valence-corrected chi connectivity index (χ1v) is 8.65. The predicted octanol–water partition coefficient (Wildman–Crippen LogP) is 3.06. The quantitative estimate of drug-likeness (QED) is 0.869. The molecule has 2 fully saturated rings. The largest absolute Gasteiger partial charge is 0.381 e. The van der Waals surface area contributed by atoms with Crippen LogP contribution in [0.25, 0.3) is 10.9 Å². The number of para-hydroxylation sites is 1. The van der Waals surface area contributed by atoms with Gasteiger partial charge in [0.2, 0.25) is 5.91 Å². The van der Waals surface area contributed by atoms with Gasteiger partial charge in [0.15, 0.2) is 0 Å². The summed E-state index contributed by atoms with van der Waals surface area (Å²) in [6.07, 6.45) is 5.95. The molecular formula is C19H24N2O2. The molecule has 1 aromatic heterocycles. The van der Waals surface area contributed by atoms with Crippen molar-refractivity contribution in [2.24, 2.45) is 5.41 Å². The van der Waals surface area contributed by atoms with E-state index in [9.17, 15) is 4.79 Å². The van der Waals surface area contributed by atoms with E-state index in [4.69, 9.17) is 4.74 Å². The highest BCUT2D eigenvalue weighted by Crippen LogP contribution is 2.38. The van der Waals surface area contributed by atoms with Crippen molar-refractivity contribution < 1.29 is 9.53 Å². The molecule has 4 heteroatoms. The zero-order valence-corrected chi connectivity index (χ0v) is 13.5. The number of fused-ring (bicyclic) bond motifs is 1. The second-order valence-electron chi connectivity index (χ2n) is 7.04. The molecule has 3 heterocycles. The highest BCUT2D eigenvalue weighted by molar-refractivity contribution is 5.80. The minimum absolute atomic E-state index is 0.244. The fraction of sp³-hybridized carbons (Fsp3) is 0.526. The number of ether oxygens (including phenoxy) is 1. The number of rotatable bonds is 4. The zero-order chi connectivity index (χ0) is 15.7. The van der Waals surface area contributed by atoms with Crippen LogP contribution >= 0.6 is 0 Å². The number of amides is 1. The summed E-state index contributed by atoms with van der Waals surface area (Å²) in [5.74, 6) is 0.319. The molecule has 4 nitrogen and oxygen atoms in total. The molecule has 2 saturated heterocycles. The molecule has 1 amide bonds. The van der Waals surface area contributed by atoms with Gasteiger partial charge < -0.3 is 14.2 Å². The van der Waals surface area contributed by atoms with Gasteiger partial charge in [-0.1, -0.05) is 18.2 Å². The first-order chi connectivity index (χ1) is 11.3. The predicted molar refractivity (Wildman–Crippen MR) is 90.2 cm³/mol. The minimum Gasteiger partial charge on any atom is -0.381 e. The molecule has 0 bridgehead atoms. The first kappa shape index (κ1) is 14.8. The van der Waals surface area contributed by atoms with Crippen LogP contribution < -0.4 is 0 Å². The molecule has 0 aliphatic carbocycles. The van der Waals surface area contributed by atoms with E-state index in [0.29, 0.717) is 12.3 Å². The van der Waals surface area contributed by atoms with E-state index in [2.05, 4.69) is 46.0 Å². The zero-order valence-electron chi connectivity index (χ0n) is 13.5. The summed E-state index contributed by atoms with van der Waals surface area (Å²) in [5, 5.41) is 1.28. The lowest BCUT2D eigenvalue weighted by Crippen LogP contribution is -2.47. The Bertz CT molecular complexity index is 700. The highest BCUT2D eigenvalue weighted by atomic mass is 16.5. The lowest BCUT2D eigenvalue weighted by Gasteiger charge is -2.39. The fourth-order valence-corrected chi connectivity index (χ4v) is 4.04. The van der Waals surface area contributed by atoms with Crippen LogP contribution in [0.2, 0.25) is 0 Å². The average Bonchev–Trinajstić information content (AvgIpc) is 3.19. The molecule has 0 radical (unpaired) electrons. The SMILES string of the molecule is O=C1CC[C@]2(CCOC2)CN1CCCn1ccc2ccccc21. The van der Waals surface area contributed by atoms with E-state index in [1.54, 1.807) is 0 Å². The minimum atomic E-state index is 0.244. The van der Waals surface area contributed by atoms with Crippen molar-refractivity contribution >= 4 is 16.8 Å². The smallest absolute Gasteiger partial charge is 0.222 e. The lowest BCUT2D eigenvalue weighted by atomic mass is 9.79. The molecule has 1 atom stereocenters. The van der Waals surface area contributed by atoms with Crippen molar-refractivity contribution in [3.8, 4) is 0 Å². The number of aromatic nitrogens is 1. The summed E-state index contributed by atoms with van der Waals surface area (Å²) in [4.78, 5) is 14.3. The van der Waals surface area contributed by atoms with Gasteiger partial charge in [0, 0.05) is 49.8 Å². The Morgan fingerprint density at radius 3 is 2.91 bits per heavy atom. The average molecular weight is 312 g/mol. The molecule has 23 heavy (non-hydrogen) atoms. The van der Waals surface area contributed by atoms with Gasteiger partial charge in [0.05, 0.1) is 6.61 Å². The monoisotopic (exact) mass is 312 g/mol. The standard InChI is InChI=1S/C19H24N2O2/c22-18-6-8-19(9-13-23-15-19)14-21(18)11-3-10-20-12-7-16-4-1-2-5-17(16)20/h1-2,4-5,7,12H,3,6,8-11,13-15H2/t19-/m0/s1. The van der Waals surface area contributed by atoms with Crippen LogP contribution in [-0.2, 0) is 16.1 Å². The molecule has 1 spiro atoms. The first-order valence-electron chi connectivity index (χ1n) is 8.65. The van der Waals surface area contributed by atoms with Gasteiger partial charge in [-0.15, -0.1) is 0 Å². The number of hydrogen-bond donors (Lipinski definition) is 0. The molecular weight excluding hydrogens is 288 g/mol. The van der Waals surface area contributed by atoms with Gasteiger partial charge in [-0.3, -0.25) is 4.79 Å². The van der Waals surface area contributed by atoms with E-state index in [0.717, 1.165) is 52.1 Å². The van der Waals surface area contributed by atoms with Crippen molar-refractivity contribution in [3.05, 3.63) is 36.5 Å². The molecule has 2 aromatic rings. The summed E-state index contributed by atoms with van der Waals surface area (Å²) in [6.45, 7) is 4.39. The van der Waals surface area contributed by atoms with Crippen LogP contribution in [0.15, 0.2) is 36.5 Å². The van der Waals surface area contributed by atoms with Crippen molar-refractivity contribution in [1.82, 2.24) is 9.47 Å². The molecule has 0 N–H and O–H groups in total. The Labute approximate surface area is 137 Å². The van der Waals surface area contributed by atoms with Gasteiger partial charge >= 0.3 is 0 Å². The summed E-state index contributed by atoms with van der Waals surface area (Å²) in [6, 6.07) is 10.6. The molecule has 2 aliphatic heterocycles. The molecule has 122 valence electrons. The Hall–Kier alpha value is -1.81. The molecule has 0 unspecified atom stereocenters. The van der Waals surface area contributed by atoms with Crippen molar-refractivity contribution in [3.63, 3.8) is 0 Å². The molecule has 1 aromatic carbocycles. The van der Waals surface area contributed by atoms with Crippen LogP contribution in [0.3, 0.4) is 0 Å². The van der Waals surface area contributed by atoms with Gasteiger partial charge in [-0.2, -0.15) is 0 Å². The molecule has 4 rings (SSSR count). The number of carbonyl (C=O) groups is 1. The van der Waals surface area contributed by atoms with E-state index >= 15 is 0 Å². The third-order valence-electron chi connectivity index (χ3n) is 5.44. The molecule has 0 saturated carbocycles. The van der Waals surface area contributed by atoms with E-state index in [1.807, 2.05) is 0 Å². The second kappa shape index (κ2) is 6.00. The normalized spacial score (nSPS) is 24.9. The Kier molecular flexibility index (Phi) is 3.85. The molecule has 2 aliphatic rings. The lowest BCUT2D eigenvalue weighted by molar-refractivity contribution is -0.137. The van der Waals surface area contributed by atoms with Gasteiger partial charge in [-0.05, 0) is 36.8 Å². The topological polar surface area (TPSA) is 34.5 Å². The van der Waals surface area contributed by atoms with Gasteiger partial charge in [0.25, 0.3) is 0 Å². The van der Waals surface area contributed by atoms with Gasteiger partial charge in [-0.25, -0.2) is 0 Å².